The molecule has 2 atom stereocenters. The Balaban J connectivity index is 1.48. The number of pyridine rings is 1. The van der Waals surface area contributed by atoms with Crippen LogP contribution in [0.4, 0.5) is 4.79 Å². The van der Waals surface area contributed by atoms with E-state index in [1.54, 1.807) is 36.4 Å². The molecule has 1 aromatic heterocycles. The Kier molecular flexibility index (Phi) is 7.67. The van der Waals surface area contributed by atoms with E-state index in [1.807, 2.05) is 6.92 Å². The van der Waals surface area contributed by atoms with Crippen molar-refractivity contribution in [1.82, 2.24) is 10.3 Å². The number of ether oxygens (including phenoxy) is 2. The standard InChI is InChI=1S/C26H29N3O5/c1-2-21-22(25(31)33-16-17-6-4-3-5-7-17)23(29-26(32)28-21)18-8-10-20(11-9-18)34-24(30)19-12-14-27-15-13-19/h8-15,17,22-23H,2-7,16H2,1H3,(H,29,32). The van der Waals surface area contributed by atoms with Gasteiger partial charge in [0.25, 0.3) is 0 Å². The van der Waals surface area contributed by atoms with Crippen LogP contribution in [0.5, 0.6) is 5.75 Å². The first kappa shape index (κ1) is 23.6. The molecular weight excluding hydrogens is 434 g/mol. The van der Waals surface area contributed by atoms with Crippen molar-refractivity contribution in [2.24, 2.45) is 16.8 Å². The largest absolute Gasteiger partial charge is 0.465 e. The smallest absolute Gasteiger partial charge is 0.343 e. The maximum atomic E-state index is 13.1. The quantitative estimate of drug-likeness (QED) is 0.473. The molecule has 1 aliphatic heterocycles. The van der Waals surface area contributed by atoms with Gasteiger partial charge < -0.3 is 14.8 Å². The van der Waals surface area contributed by atoms with E-state index in [2.05, 4.69) is 15.3 Å². The third-order valence-corrected chi connectivity index (χ3v) is 6.38. The first-order chi connectivity index (χ1) is 16.5. The van der Waals surface area contributed by atoms with Crippen LogP contribution < -0.4 is 10.1 Å². The number of rotatable bonds is 7. The number of nitrogens with zero attached hydrogens (tertiary/aromatic N) is 2. The monoisotopic (exact) mass is 463 g/mol. The summed E-state index contributed by atoms with van der Waals surface area (Å²) in [6.45, 7) is 2.27. The summed E-state index contributed by atoms with van der Waals surface area (Å²) in [6, 6.07) is 8.81. The zero-order valence-electron chi connectivity index (χ0n) is 19.2. The Morgan fingerprint density at radius 2 is 1.74 bits per heavy atom. The molecule has 8 nitrogen and oxygen atoms in total. The molecule has 2 amide bonds. The van der Waals surface area contributed by atoms with Gasteiger partial charge in [-0.2, -0.15) is 0 Å². The molecule has 0 bridgehead atoms. The van der Waals surface area contributed by atoms with Crippen LogP contribution in [0.2, 0.25) is 0 Å². The predicted molar refractivity (Wildman–Crippen MR) is 126 cm³/mol. The molecule has 178 valence electrons. The lowest BCUT2D eigenvalue weighted by atomic mass is 9.86. The van der Waals surface area contributed by atoms with Crippen LogP contribution in [0.15, 0.2) is 53.8 Å². The molecule has 2 heterocycles. The van der Waals surface area contributed by atoms with Crippen LogP contribution >= 0.6 is 0 Å². The summed E-state index contributed by atoms with van der Waals surface area (Å²) in [6.07, 6.45) is 9.24. The van der Waals surface area contributed by atoms with Crippen LogP contribution in [0, 0.1) is 11.8 Å². The zero-order chi connectivity index (χ0) is 23.9. The number of nitrogens with one attached hydrogen (secondary N) is 1. The Labute approximate surface area is 198 Å². The summed E-state index contributed by atoms with van der Waals surface area (Å²) in [5.74, 6) is -0.814. The predicted octanol–water partition coefficient (Wildman–Crippen LogP) is 4.66. The van der Waals surface area contributed by atoms with Gasteiger partial charge in [-0.1, -0.05) is 38.3 Å². The molecule has 0 radical (unpaired) electrons. The van der Waals surface area contributed by atoms with Gasteiger partial charge in [0.15, 0.2) is 0 Å². The van der Waals surface area contributed by atoms with Gasteiger partial charge in [-0.05, 0) is 55.0 Å². The van der Waals surface area contributed by atoms with E-state index in [1.165, 1.54) is 31.7 Å². The van der Waals surface area contributed by atoms with Crippen molar-refractivity contribution in [2.45, 2.75) is 51.5 Å². The van der Waals surface area contributed by atoms with Crippen LogP contribution in [0.3, 0.4) is 0 Å². The van der Waals surface area contributed by atoms with Gasteiger partial charge in [-0.25, -0.2) is 14.6 Å². The molecule has 1 saturated carbocycles. The molecule has 1 aliphatic carbocycles. The number of hydrogen-bond acceptors (Lipinski definition) is 6. The van der Waals surface area contributed by atoms with Gasteiger partial charge in [0.2, 0.25) is 0 Å². The lowest BCUT2D eigenvalue weighted by Gasteiger charge is -2.31. The minimum absolute atomic E-state index is 0.355. The van der Waals surface area contributed by atoms with Gasteiger partial charge in [0.1, 0.15) is 11.7 Å². The van der Waals surface area contributed by atoms with E-state index < -0.39 is 24.0 Å². The summed E-state index contributed by atoms with van der Waals surface area (Å²) >= 11 is 0. The van der Waals surface area contributed by atoms with Crippen molar-refractivity contribution in [1.29, 1.82) is 0 Å². The summed E-state index contributed by atoms with van der Waals surface area (Å²) in [7, 11) is 0. The number of esters is 2. The number of benzene rings is 1. The van der Waals surface area contributed by atoms with Crippen LogP contribution in [-0.4, -0.2) is 35.3 Å². The van der Waals surface area contributed by atoms with Crippen molar-refractivity contribution in [3.05, 3.63) is 59.9 Å². The molecule has 0 saturated heterocycles. The van der Waals surface area contributed by atoms with Gasteiger partial charge in [0.05, 0.1) is 18.2 Å². The molecule has 2 unspecified atom stereocenters. The van der Waals surface area contributed by atoms with Crippen molar-refractivity contribution < 1.29 is 23.9 Å². The highest BCUT2D eigenvalue weighted by Gasteiger charge is 2.39. The third kappa shape index (κ3) is 5.68. The van der Waals surface area contributed by atoms with E-state index in [0.29, 0.717) is 41.5 Å². The van der Waals surface area contributed by atoms with Crippen LogP contribution in [0.1, 0.15) is 67.4 Å². The summed E-state index contributed by atoms with van der Waals surface area (Å²) in [5, 5.41) is 2.81. The highest BCUT2D eigenvalue weighted by Crippen LogP contribution is 2.31. The summed E-state index contributed by atoms with van der Waals surface area (Å²) in [4.78, 5) is 45.6. The Morgan fingerprint density at radius 1 is 1.03 bits per heavy atom. The molecular formula is C26H29N3O5. The van der Waals surface area contributed by atoms with E-state index >= 15 is 0 Å². The van der Waals surface area contributed by atoms with Crippen molar-refractivity contribution in [3.63, 3.8) is 0 Å². The molecule has 1 fully saturated rings. The van der Waals surface area contributed by atoms with Crippen LogP contribution in [0.25, 0.3) is 0 Å². The fourth-order valence-corrected chi connectivity index (χ4v) is 4.53. The van der Waals surface area contributed by atoms with E-state index in [4.69, 9.17) is 9.47 Å². The first-order valence-electron chi connectivity index (χ1n) is 11.8. The second-order valence-corrected chi connectivity index (χ2v) is 8.69. The lowest BCUT2D eigenvalue weighted by Crippen LogP contribution is -2.45. The maximum absolute atomic E-state index is 13.1. The topological polar surface area (TPSA) is 107 Å². The number of urea groups is 1. The van der Waals surface area contributed by atoms with Crippen molar-refractivity contribution in [3.8, 4) is 5.75 Å². The fourth-order valence-electron chi connectivity index (χ4n) is 4.53. The van der Waals surface area contributed by atoms with E-state index in [9.17, 15) is 14.4 Å². The van der Waals surface area contributed by atoms with E-state index in [0.717, 1.165) is 12.8 Å². The number of hydrogen-bond donors (Lipinski definition) is 1. The first-order valence-corrected chi connectivity index (χ1v) is 11.8. The van der Waals surface area contributed by atoms with E-state index in [-0.39, 0.29) is 5.97 Å². The Morgan fingerprint density at radius 3 is 2.41 bits per heavy atom. The average Bonchev–Trinajstić information content (AvgIpc) is 2.88. The van der Waals surface area contributed by atoms with Gasteiger partial charge in [-0.15, -0.1) is 0 Å². The summed E-state index contributed by atoms with van der Waals surface area (Å²) in [5.41, 5.74) is 1.61. The number of carbonyl (C=O) groups is 3. The molecule has 1 aromatic carbocycles. The number of aromatic nitrogens is 1. The normalized spacial score (nSPS) is 20.7. The van der Waals surface area contributed by atoms with Crippen molar-refractivity contribution >= 4 is 23.7 Å². The summed E-state index contributed by atoms with van der Waals surface area (Å²) < 4.78 is 11.1. The maximum Gasteiger partial charge on any atom is 0.343 e. The highest BCUT2D eigenvalue weighted by atomic mass is 16.5. The fraction of sp³-hybridized carbons (Fsp3) is 0.423. The third-order valence-electron chi connectivity index (χ3n) is 6.38. The van der Waals surface area contributed by atoms with Crippen LogP contribution in [-0.2, 0) is 9.53 Å². The molecule has 2 aromatic rings. The number of aliphatic imine (C=N–C) groups is 1. The minimum Gasteiger partial charge on any atom is -0.465 e. The molecule has 34 heavy (non-hydrogen) atoms. The molecule has 1 N–H and O–H groups in total. The van der Waals surface area contributed by atoms with Gasteiger partial charge in [-0.3, -0.25) is 9.78 Å². The zero-order valence-corrected chi connectivity index (χ0v) is 19.2. The Bertz CT molecular complexity index is 1050. The second kappa shape index (κ2) is 11.0. The minimum atomic E-state index is -0.698. The molecule has 2 aliphatic rings. The molecule has 8 heteroatoms. The molecule has 0 spiro atoms. The van der Waals surface area contributed by atoms with Gasteiger partial charge in [0, 0.05) is 18.1 Å². The van der Waals surface area contributed by atoms with Crippen molar-refractivity contribution in [2.75, 3.05) is 6.61 Å². The molecule has 4 rings (SSSR count). The lowest BCUT2D eigenvalue weighted by molar-refractivity contribution is -0.148. The van der Waals surface area contributed by atoms with Gasteiger partial charge >= 0.3 is 18.0 Å². The SMILES string of the molecule is CCC1=NC(=O)NC(c2ccc(OC(=O)c3ccncc3)cc2)C1C(=O)OCC1CCCCC1. The highest BCUT2D eigenvalue weighted by molar-refractivity contribution is 6.09. The number of amides is 2. The average molecular weight is 464 g/mol. The Hall–Kier alpha value is -3.55. The number of carbonyl (C=O) groups excluding carboxylic acids is 3. The second-order valence-electron chi connectivity index (χ2n) is 8.69.